The smallest absolute Gasteiger partial charge is 0.254 e. The summed E-state index contributed by atoms with van der Waals surface area (Å²) in [7, 11) is 3.04. The van der Waals surface area contributed by atoms with Crippen LogP contribution in [0.4, 0.5) is 4.39 Å². The molecule has 1 heterocycles. The first-order chi connectivity index (χ1) is 15.4. The monoisotopic (exact) mass is 443 g/mol. The molecular weight excluding hydrogens is 417 g/mol. The predicted octanol–water partition coefficient (Wildman–Crippen LogP) is 2.09. The Morgan fingerprint density at radius 1 is 0.969 bits per heavy atom. The lowest BCUT2D eigenvalue weighted by Gasteiger charge is -2.31. The van der Waals surface area contributed by atoms with Crippen LogP contribution in [0.3, 0.4) is 0 Å². The summed E-state index contributed by atoms with van der Waals surface area (Å²) in [5.41, 5.74) is 5.92. The van der Waals surface area contributed by atoms with E-state index in [1.165, 1.54) is 38.5 Å². The number of ether oxygens (including phenoxy) is 2. The third-order valence-electron chi connectivity index (χ3n) is 5.35. The van der Waals surface area contributed by atoms with Crippen LogP contribution in [0, 0.1) is 11.7 Å². The molecule has 3 rings (SSSR count). The van der Waals surface area contributed by atoms with E-state index in [1.54, 1.807) is 23.1 Å². The van der Waals surface area contributed by atoms with Gasteiger partial charge in [-0.2, -0.15) is 0 Å². The van der Waals surface area contributed by atoms with Crippen molar-refractivity contribution in [3.8, 4) is 11.5 Å². The molecule has 1 fully saturated rings. The standard InChI is InChI=1S/C23H26FN3O5/c1-31-19-12-17(13-20(14-19)32-2)23(30)27-9-7-16(8-10-27)22(29)26-25-21(28)11-15-3-5-18(24)6-4-15/h3-6,12-14,16H,7-11H2,1-2H3,(H,25,28)(H,26,29). The zero-order valence-corrected chi connectivity index (χ0v) is 18.0. The van der Waals surface area contributed by atoms with Crippen molar-refractivity contribution in [2.45, 2.75) is 19.3 Å². The van der Waals surface area contributed by atoms with Crippen molar-refractivity contribution in [1.82, 2.24) is 15.8 Å². The molecule has 1 aliphatic heterocycles. The number of carbonyl (C=O) groups excluding carboxylic acids is 3. The molecule has 0 spiro atoms. The molecule has 2 aromatic carbocycles. The molecule has 170 valence electrons. The molecule has 1 saturated heterocycles. The molecule has 0 radical (unpaired) electrons. The number of piperidine rings is 1. The Balaban J connectivity index is 1.47. The Bertz CT molecular complexity index is 950. The van der Waals surface area contributed by atoms with Crippen molar-refractivity contribution in [1.29, 1.82) is 0 Å². The average molecular weight is 443 g/mol. The molecule has 0 aliphatic carbocycles. The van der Waals surface area contributed by atoms with Gasteiger partial charge < -0.3 is 14.4 Å². The van der Waals surface area contributed by atoms with Gasteiger partial charge in [0.2, 0.25) is 11.8 Å². The number of methoxy groups -OCH3 is 2. The molecule has 0 saturated carbocycles. The van der Waals surface area contributed by atoms with Crippen LogP contribution in [0.2, 0.25) is 0 Å². The summed E-state index contributed by atoms with van der Waals surface area (Å²) in [6, 6.07) is 10.6. The number of benzene rings is 2. The first-order valence-corrected chi connectivity index (χ1v) is 10.2. The SMILES string of the molecule is COc1cc(OC)cc(C(=O)N2CCC(C(=O)NNC(=O)Cc3ccc(F)cc3)CC2)c1. The van der Waals surface area contributed by atoms with Gasteiger partial charge in [-0.25, -0.2) is 4.39 Å². The van der Waals surface area contributed by atoms with Gasteiger partial charge in [-0.1, -0.05) is 12.1 Å². The fourth-order valence-corrected chi connectivity index (χ4v) is 3.52. The van der Waals surface area contributed by atoms with E-state index in [4.69, 9.17) is 9.47 Å². The maximum absolute atomic E-state index is 12.9. The van der Waals surface area contributed by atoms with Gasteiger partial charge in [0.1, 0.15) is 17.3 Å². The third-order valence-corrected chi connectivity index (χ3v) is 5.35. The highest BCUT2D eigenvalue weighted by Crippen LogP contribution is 2.25. The lowest BCUT2D eigenvalue weighted by molar-refractivity contribution is -0.131. The minimum Gasteiger partial charge on any atom is -0.497 e. The first kappa shape index (κ1) is 23.1. The number of likely N-dealkylation sites (tertiary alicyclic amines) is 1. The summed E-state index contributed by atoms with van der Waals surface area (Å²) in [6.45, 7) is 0.833. The number of nitrogens with one attached hydrogen (secondary N) is 2. The van der Waals surface area contributed by atoms with Crippen LogP contribution in [0.25, 0.3) is 0 Å². The van der Waals surface area contributed by atoms with Gasteiger partial charge in [-0.05, 0) is 42.7 Å². The molecule has 2 aromatic rings. The summed E-state index contributed by atoms with van der Waals surface area (Å²) in [5, 5.41) is 0. The highest BCUT2D eigenvalue weighted by Gasteiger charge is 2.28. The number of hydrogen-bond acceptors (Lipinski definition) is 5. The van der Waals surface area contributed by atoms with Crippen molar-refractivity contribution in [3.63, 3.8) is 0 Å². The summed E-state index contributed by atoms with van der Waals surface area (Å²) < 4.78 is 23.4. The minimum absolute atomic E-state index is 0.0253. The normalized spacial score (nSPS) is 13.9. The Hall–Kier alpha value is -3.62. The van der Waals surface area contributed by atoms with Crippen molar-refractivity contribution < 1.29 is 28.2 Å². The summed E-state index contributed by atoms with van der Waals surface area (Å²) in [4.78, 5) is 38.9. The maximum Gasteiger partial charge on any atom is 0.254 e. The maximum atomic E-state index is 12.9. The fourth-order valence-electron chi connectivity index (χ4n) is 3.52. The van der Waals surface area contributed by atoms with Crippen LogP contribution in [0.5, 0.6) is 11.5 Å². The summed E-state index contributed by atoms with van der Waals surface area (Å²) in [5.74, 6) is -0.495. The second-order valence-electron chi connectivity index (χ2n) is 7.51. The zero-order valence-electron chi connectivity index (χ0n) is 18.0. The number of halogens is 1. The van der Waals surface area contributed by atoms with E-state index < -0.39 is 5.91 Å². The van der Waals surface area contributed by atoms with E-state index in [2.05, 4.69) is 10.9 Å². The van der Waals surface area contributed by atoms with Crippen LogP contribution in [-0.4, -0.2) is 49.9 Å². The molecule has 0 aromatic heterocycles. The van der Waals surface area contributed by atoms with Crippen LogP contribution in [0.15, 0.2) is 42.5 Å². The van der Waals surface area contributed by atoms with Crippen molar-refractivity contribution in [2.75, 3.05) is 27.3 Å². The molecule has 0 bridgehead atoms. The molecule has 8 nitrogen and oxygen atoms in total. The Morgan fingerprint density at radius 3 is 2.12 bits per heavy atom. The molecular formula is C23H26FN3O5. The minimum atomic E-state index is -0.399. The van der Waals surface area contributed by atoms with Gasteiger partial charge in [0.15, 0.2) is 0 Å². The quantitative estimate of drug-likeness (QED) is 0.667. The van der Waals surface area contributed by atoms with Crippen molar-refractivity contribution in [3.05, 3.63) is 59.4 Å². The van der Waals surface area contributed by atoms with Crippen LogP contribution < -0.4 is 20.3 Å². The number of rotatable bonds is 6. The first-order valence-electron chi connectivity index (χ1n) is 10.2. The predicted molar refractivity (Wildman–Crippen MR) is 115 cm³/mol. The van der Waals surface area contributed by atoms with Crippen molar-refractivity contribution in [2.24, 2.45) is 5.92 Å². The average Bonchev–Trinajstić information content (AvgIpc) is 2.83. The number of nitrogens with zero attached hydrogens (tertiary/aromatic N) is 1. The van der Waals surface area contributed by atoms with E-state index in [0.717, 1.165) is 0 Å². The lowest BCUT2D eigenvalue weighted by atomic mass is 9.95. The largest absolute Gasteiger partial charge is 0.497 e. The number of hydrogen-bond donors (Lipinski definition) is 2. The van der Waals surface area contributed by atoms with Crippen LogP contribution >= 0.6 is 0 Å². The summed E-state index contributed by atoms with van der Waals surface area (Å²) in [6.07, 6.45) is 0.983. The van der Waals surface area contributed by atoms with Gasteiger partial charge in [0, 0.05) is 30.6 Å². The third kappa shape index (κ3) is 5.96. The van der Waals surface area contributed by atoms with Gasteiger partial charge in [0.05, 0.1) is 20.6 Å². The topological polar surface area (TPSA) is 97.0 Å². The van der Waals surface area contributed by atoms with Crippen LogP contribution in [-0.2, 0) is 16.0 Å². The molecule has 9 heteroatoms. The number of hydrazine groups is 1. The number of carbonyl (C=O) groups is 3. The van der Waals surface area contributed by atoms with Crippen molar-refractivity contribution >= 4 is 17.7 Å². The lowest BCUT2D eigenvalue weighted by Crippen LogP contribution is -2.48. The molecule has 2 N–H and O–H groups in total. The fraction of sp³-hybridized carbons (Fsp3) is 0.348. The van der Waals surface area contributed by atoms with Gasteiger partial charge in [-0.15, -0.1) is 0 Å². The Labute approximate surface area is 185 Å². The molecule has 1 aliphatic rings. The highest BCUT2D eigenvalue weighted by molar-refractivity contribution is 5.95. The molecule has 0 unspecified atom stereocenters. The Morgan fingerprint density at radius 2 is 1.56 bits per heavy atom. The van der Waals surface area contributed by atoms with Gasteiger partial charge in [-0.3, -0.25) is 25.2 Å². The molecule has 32 heavy (non-hydrogen) atoms. The van der Waals surface area contributed by atoms with E-state index >= 15 is 0 Å². The van der Waals surface area contributed by atoms with E-state index in [1.807, 2.05) is 0 Å². The zero-order chi connectivity index (χ0) is 23.1. The molecule has 0 atom stereocenters. The number of amides is 3. The summed E-state index contributed by atoms with van der Waals surface area (Å²) >= 11 is 0. The molecule has 3 amide bonds. The Kier molecular flexibility index (Phi) is 7.64. The second-order valence-corrected chi connectivity index (χ2v) is 7.51. The van der Waals surface area contributed by atoms with E-state index in [9.17, 15) is 18.8 Å². The van der Waals surface area contributed by atoms with Gasteiger partial charge >= 0.3 is 0 Å². The van der Waals surface area contributed by atoms with E-state index in [-0.39, 0.29) is 30.0 Å². The van der Waals surface area contributed by atoms with Gasteiger partial charge in [0.25, 0.3) is 5.91 Å². The van der Waals surface area contributed by atoms with Crippen LogP contribution in [0.1, 0.15) is 28.8 Å². The second kappa shape index (κ2) is 10.6. The highest BCUT2D eigenvalue weighted by atomic mass is 19.1. The van der Waals surface area contributed by atoms with E-state index in [0.29, 0.717) is 48.6 Å².